The van der Waals surface area contributed by atoms with Crippen LogP contribution >= 0.6 is 0 Å². The lowest BCUT2D eigenvalue weighted by molar-refractivity contribution is -0.124. The maximum Gasteiger partial charge on any atom is 0.244 e. The zero-order valence-corrected chi connectivity index (χ0v) is 16.2. The summed E-state index contributed by atoms with van der Waals surface area (Å²) in [6.45, 7) is 0.0889. The van der Waals surface area contributed by atoms with Gasteiger partial charge in [0.25, 0.3) is 0 Å². The van der Waals surface area contributed by atoms with Gasteiger partial charge in [0.2, 0.25) is 11.8 Å². The van der Waals surface area contributed by atoms with Gasteiger partial charge >= 0.3 is 0 Å². The van der Waals surface area contributed by atoms with Crippen molar-refractivity contribution < 1.29 is 23.8 Å². The Morgan fingerprint density at radius 3 is 2.18 bits per heavy atom. The Morgan fingerprint density at radius 1 is 0.893 bits per heavy atom. The summed E-state index contributed by atoms with van der Waals surface area (Å²) in [5.41, 5.74) is 1.63. The monoisotopic (exact) mass is 384 g/mol. The van der Waals surface area contributed by atoms with Crippen LogP contribution in [0.4, 0.5) is 0 Å². The number of carbonyl (C=O) groups is 2. The molecule has 2 aromatic rings. The van der Waals surface area contributed by atoms with E-state index in [0.29, 0.717) is 17.2 Å². The Labute approximate surface area is 164 Å². The third-order valence-corrected chi connectivity index (χ3v) is 3.91. The maximum atomic E-state index is 12.0. The highest BCUT2D eigenvalue weighted by Crippen LogP contribution is 2.34. The van der Waals surface area contributed by atoms with Crippen molar-refractivity contribution in [3.05, 3.63) is 59.7 Å². The minimum absolute atomic E-state index is 0.131. The summed E-state index contributed by atoms with van der Waals surface area (Å²) < 4.78 is 15.8. The lowest BCUT2D eigenvalue weighted by Crippen LogP contribution is -2.35. The van der Waals surface area contributed by atoms with Crippen LogP contribution < -0.4 is 24.8 Å². The van der Waals surface area contributed by atoms with E-state index in [1.807, 2.05) is 30.3 Å². The summed E-state index contributed by atoms with van der Waals surface area (Å²) in [5.74, 6) is 0.965. The average Bonchev–Trinajstić information content (AvgIpc) is 2.74. The van der Waals surface area contributed by atoms with E-state index in [9.17, 15) is 9.59 Å². The van der Waals surface area contributed by atoms with Crippen LogP contribution in [0, 0.1) is 0 Å². The van der Waals surface area contributed by atoms with Gasteiger partial charge in [0, 0.05) is 24.3 Å². The quantitative estimate of drug-likeness (QED) is 0.647. The number of nitrogens with one attached hydrogen (secondary N) is 2. The van der Waals surface area contributed by atoms with Crippen LogP contribution in [0.3, 0.4) is 0 Å². The summed E-state index contributed by atoms with van der Waals surface area (Å²) in [4.78, 5) is 23.8. The maximum absolute atomic E-state index is 12.0. The van der Waals surface area contributed by atoms with E-state index in [1.54, 1.807) is 18.2 Å². The van der Waals surface area contributed by atoms with Crippen LogP contribution in [0.2, 0.25) is 0 Å². The first-order valence-electron chi connectivity index (χ1n) is 8.64. The molecule has 7 nitrogen and oxygen atoms in total. The summed E-state index contributed by atoms with van der Waals surface area (Å²) in [5, 5.41) is 5.28. The Hall–Kier alpha value is -3.48. The number of methoxy groups -OCH3 is 3. The van der Waals surface area contributed by atoms with E-state index in [1.165, 1.54) is 27.4 Å². The molecule has 2 aromatic carbocycles. The molecule has 2 amide bonds. The summed E-state index contributed by atoms with van der Waals surface area (Å²) >= 11 is 0. The fraction of sp³-hybridized carbons (Fsp3) is 0.238. The molecule has 0 heterocycles. The minimum atomic E-state index is -0.345. The van der Waals surface area contributed by atoms with Crippen molar-refractivity contribution in [3.8, 4) is 17.2 Å². The fourth-order valence-electron chi connectivity index (χ4n) is 2.45. The van der Waals surface area contributed by atoms with E-state index in [0.717, 1.165) is 11.1 Å². The van der Waals surface area contributed by atoms with Crippen LogP contribution in [-0.4, -0.2) is 39.7 Å². The number of carbonyl (C=O) groups excluding carboxylic acids is 2. The molecule has 0 fully saturated rings. The molecule has 7 heteroatoms. The van der Waals surface area contributed by atoms with Gasteiger partial charge in [0.1, 0.15) is 5.75 Å². The molecule has 148 valence electrons. The van der Waals surface area contributed by atoms with E-state index >= 15 is 0 Å². The third kappa shape index (κ3) is 6.05. The van der Waals surface area contributed by atoms with Gasteiger partial charge in [-0.2, -0.15) is 0 Å². The largest absolute Gasteiger partial charge is 0.496 e. The van der Waals surface area contributed by atoms with Gasteiger partial charge in [-0.25, -0.2) is 0 Å². The standard InChI is InChI=1S/C21H24N2O5/c1-26-17-12-19(28-3)18(27-2)11-16(17)13-22-21(25)14-23-20(24)10-9-15-7-5-4-6-8-15/h4-12H,13-14H2,1-3H3,(H,22,25)(H,23,24)/b10-9+. The van der Waals surface area contributed by atoms with Crippen molar-refractivity contribution in [3.63, 3.8) is 0 Å². The highest BCUT2D eigenvalue weighted by atomic mass is 16.5. The fourth-order valence-corrected chi connectivity index (χ4v) is 2.45. The predicted octanol–water partition coefficient (Wildman–Crippen LogP) is 2.16. The smallest absolute Gasteiger partial charge is 0.244 e. The number of benzene rings is 2. The topological polar surface area (TPSA) is 85.9 Å². The van der Waals surface area contributed by atoms with Crippen LogP contribution in [0.1, 0.15) is 11.1 Å². The van der Waals surface area contributed by atoms with E-state index in [2.05, 4.69) is 10.6 Å². The Bertz CT molecular complexity index is 834. The van der Waals surface area contributed by atoms with Gasteiger partial charge in [-0.3, -0.25) is 9.59 Å². The molecule has 0 saturated heterocycles. The molecule has 2 rings (SSSR count). The number of hydrogen-bond acceptors (Lipinski definition) is 5. The van der Waals surface area contributed by atoms with E-state index in [-0.39, 0.29) is 24.9 Å². The zero-order valence-electron chi connectivity index (χ0n) is 16.2. The van der Waals surface area contributed by atoms with Crippen molar-refractivity contribution in [1.82, 2.24) is 10.6 Å². The molecule has 0 aliphatic rings. The van der Waals surface area contributed by atoms with Crippen molar-refractivity contribution in [2.45, 2.75) is 6.54 Å². The first-order valence-corrected chi connectivity index (χ1v) is 8.64. The van der Waals surface area contributed by atoms with Crippen molar-refractivity contribution in [2.24, 2.45) is 0 Å². The van der Waals surface area contributed by atoms with Crippen LogP contribution in [0.5, 0.6) is 17.2 Å². The normalized spacial score (nSPS) is 10.4. The van der Waals surface area contributed by atoms with Crippen LogP contribution in [0.25, 0.3) is 6.08 Å². The molecule has 0 atom stereocenters. The number of hydrogen-bond donors (Lipinski definition) is 2. The molecule has 2 N–H and O–H groups in total. The SMILES string of the molecule is COc1cc(OC)c(OC)cc1CNC(=O)CNC(=O)/C=C/c1ccccc1. The highest BCUT2D eigenvalue weighted by molar-refractivity contribution is 5.94. The lowest BCUT2D eigenvalue weighted by Gasteiger charge is -2.14. The van der Waals surface area contributed by atoms with Crippen molar-refractivity contribution >= 4 is 17.9 Å². The zero-order chi connectivity index (χ0) is 20.4. The first kappa shape index (κ1) is 20.8. The summed E-state index contributed by atoms with van der Waals surface area (Å²) in [6, 6.07) is 12.9. The summed E-state index contributed by atoms with van der Waals surface area (Å²) in [7, 11) is 4.60. The van der Waals surface area contributed by atoms with Crippen molar-refractivity contribution in [1.29, 1.82) is 0 Å². The molecule has 0 aliphatic carbocycles. The van der Waals surface area contributed by atoms with Gasteiger partial charge in [-0.05, 0) is 17.7 Å². The second kappa shape index (κ2) is 10.6. The molecule has 0 spiro atoms. The first-order chi connectivity index (χ1) is 13.6. The Balaban J connectivity index is 1.87. The number of amides is 2. The second-order valence-electron chi connectivity index (χ2n) is 5.76. The molecular formula is C21H24N2O5. The van der Waals surface area contributed by atoms with Crippen molar-refractivity contribution in [2.75, 3.05) is 27.9 Å². The molecule has 0 bridgehead atoms. The van der Waals surface area contributed by atoms with Gasteiger partial charge in [0.15, 0.2) is 11.5 Å². The van der Waals surface area contributed by atoms with Gasteiger partial charge in [-0.15, -0.1) is 0 Å². The molecule has 0 unspecified atom stereocenters. The molecule has 0 aliphatic heterocycles. The molecular weight excluding hydrogens is 360 g/mol. The average molecular weight is 384 g/mol. The number of ether oxygens (including phenoxy) is 3. The second-order valence-corrected chi connectivity index (χ2v) is 5.76. The highest BCUT2D eigenvalue weighted by Gasteiger charge is 2.13. The van der Waals surface area contributed by atoms with Gasteiger partial charge in [0.05, 0.1) is 27.9 Å². The lowest BCUT2D eigenvalue weighted by atomic mass is 10.1. The number of rotatable bonds is 9. The summed E-state index contributed by atoms with van der Waals surface area (Å²) in [6.07, 6.45) is 3.07. The third-order valence-electron chi connectivity index (χ3n) is 3.91. The van der Waals surface area contributed by atoms with Crippen LogP contribution in [-0.2, 0) is 16.1 Å². The molecule has 0 saturated carbocycles. The van der Waals surface area contributed by atoms with Gasteiger partial charge < -0.3 is 24.8 Å². The van der Waals surface area contributed by atoms with Gasteiger partial charge in [-0.1, -0.05) is 30.3 Å². The minimum Gasteiger partial charge on any atom is -0.496 e. The molecule has 0 radical (unpaired) electrons. The van der Waals surface area contributed by atoms with E-state index < -0.39 is 0 Å². The predicted molar refractivity (Wildman–Crippen MR) is 106 cm³/mol. The Morgan fingerprint density at radius 2 is 1.54 bits per heavy atom. The molecule has 28 heavy (non-hydrogen) atoms. The van der Waals surface area contributed by atoms with E-state index in [4.69, 9.17) is 14.2 Å². The van der Waals surface area contributed by atoms with Crippen LogP contribution in [0.15, 0.2) is 48.5 Å². The Kier molecular flexibility index (Phi) is 7.90. The molecule has 0 aromatic heterocycles.